The van der Waals surface area contributed by atoms with E-state index in [0.717, 1.165) is 16.7 Å². The van der Waals surface area contributed by atoms with Crippen molar-refractivity contribution in [2.45, 2.75) is 44.6 Å². The molecule has 0 aromatic heterocycles. The SMILES string of the molecule is C#CC[C@@H](OCc1ccccc1)[C@H](OCc1ccccc1)[C@@H](O)COCc1ccccc1. The number of benzene rings is 3. The minimum absolute atomic E-state index is 0.115. The molecule has 0 radical (unpaired) electrons. The van der Waals surface area contributed by atoms with Crippen LogP contribution in [0.15, 0.2) is 91.0 Å². The summed E-state index contributed by atoms with van der Waals surface area (Å²) in [6, 6.07) is 29.6. The maximum Gasteiger partial charge on any atom is 0.113 e. The average molecular weight is 431 g/mol. The van der Waals surface area contributed by atoms with Gasteiger partial charge in [-0.2, -0.15) is 0 Å². The second-order valence-electron chi connectivity index (χ2n) is 7.57. The molecular formula is C28H30O4. The van der Waals surface area contributed by atoms with Gasteiger partial charge < -0.3 is 19.3 Å². The fourth-order valence-corrected chi connectivity index (χ4v) is 3.36. The second-order valence-corrected chi connectivity index (χ2v) is 7.57. The molecule has 3 rings (SSSR count). The van der Waals surface area contributed by atoms with Gasteiger partial charge in [0, 0.05) is 6.42 Å². The van der Waals surface area contributed by atoms with Crippen molar-refractivity contribution in [1.29, 1.82) is 0 Å². The van der Waals surface area contributed by atoms with Crippen molar-refractivity contribution in [1.82, 2.24) is 0 Å². The molecule has 32 heavy (non-hydrogen) atoms. The highest BCUT2D eigenvalue weighted by atomic mass is 16.6. The first-order valence-corrected chi connectivity index (χ1v) is 10.8. The molecule has 3 atom stereocenters. The Morgan fingerprint density at radius 1 is 0.688 bits per heavy atom. The van der Waals surface area contributed by atoms with E-state index in [1.165, 1.54) is 0 Å². The first-order chi connectivity index (χ1) is 15.8. The van der Waals surface area contributed by atoms with Crippen molar-refractivity contribution in [2.75, 3.05) is 6.61 Å². The van der Waals surface area contributed by atoms with Crippen LogP contribution >= 0.6 is 0 Å². The van der Waals surface area contributed by atoms with E-state index in [1.807, 2.05) is 91.0 Å². The summed E-state index contributed by atoms with van der Waals surface area (Å²) in [4.78, 5) is 0. The quantitative estimate of drug-likeness (QED) is 0.397. The summed E-state index contributed by atoms with van der Waals surface area (Å²) in [6.45, 7) is 1.26. The summed E-state index contributed by atoms with van der Waals surface area (Å²) in [5, 5.41) is 11.0. The Labute approximate surface area is 190 Å². The first kappa shape index (κ1) is 23.7. The van der Waals surface area contributed by atoms with Crippen LogP contribution in [0.3, 0.4) is 0 Å². The predicted octanol–water partition coefficient (Wildman–Crippen LogP) is 4.76. The summed E-state index contributed by atoms with van der Waals surface area (Å²) in [5.74, 6) is 2.66. The van der Waals surface area contributed by atoms with Gasteiger partial charge in [-0.1, -0.05) is 91.0 Å². The third-order valence-electron chi connectivity index (χ3n) is 5.06. The van der Waals surface area contributed by atoms with E-state index in [0.29, 0.717) is 26.2 Å². The molecule has 0 heterocycles. The molecule has 0 unspecified atom stereocenters. The maximum atomic E-state index is 11.0. The Hall–Kier alpha value is -2.94. The molecule has 0 spiro atoms. The van der Waals surface area contributed by atoms with Crippen molar-refractivity contribution in [3.05, 3.63) is 108 Å². The van der Waals surface area contributed by atoms with Gasteiger partial charge in [0.25, 0.3) is 0 Å². The van der Waals surface area contributed by atoms with Crippen molar-refractivity contribution in [3.63, 3.8) is 0 Å². The minimum Gasteiger partial charge on any atom is -0.388 e. The summed E-state index contributed by atoms with van der Waals surface area (Å²) < 4.78 is 18.0. The smallest absolute Gasteiger partial charge is 0.113 e. The molecule has 166 valence electrons. The number of aliphatic hydroxyl groups is 1. The van der Waals surface area contributed by atoms with Gasteiger partial charge >= 0.3 is 0 Å². The van der Waals surface area contributed by atoms with Crippen LogP contribution in [0.5, 0.6) is 0 Å². The molecule has 0 aliphatic carbocycles. The van der Waals surface area contributed by atoms with Crippen LogP contribution in [0.1, 0.15) is 23.1 Å². The zero-order valence-corrected chi connectivity index (χ0v) is 18.2. The second kappa shape index (κ2) is 13.5. The van der Waals surface area contributed by atoms with Gasteiger partial charge in [-0.05, 0) is 16.7 Å². The molecule has 0 amide bonds. The zero-order valence-electron chi connectivity index (χ0n) is 18.2. The number of ether oxygens (including phenoxy) is 3. The Kier molecular flexibility index (Phi) is 9.98. The molecule has 0 saturated carbocycles. The van der Waals surface area contributed by atoms with Gasteiger partial charge in [-0.25, -0.2) is 0 Å². The van der Waals surface area contributed by atoms with Crippen LogP contribution in [-0.4, -0.2) is 30.0 Å². The van der Waals surface area contributed by atoms with Crippen LogP contribution in [0.2, 0.25) is 0 Å². The highest BCUT2D eigenvalue weighted by Gasteiger charge is 2.30. The summed E-state index contributed by atoms with van der Waals surface area (Å²) in [7, 11) is 0. The van der Waals surface area contributed by atoms with E-state index in [9.17, 15) is 5.11 Å². The predicted molar refractivity (Wildman–Crippen MR) is 126 cm³/mol. The van der Waals surface area contributed by atoms with Gasteiger partial charge in [-0.15, -0.1) is 12.3 Å². The van der Waals surface area contributed by atoms with Gasteiger partial charge in [-0.3, -0.25) is 0 Å². The molecule has 4 heteroatoms. The van der Waals surface area contributed by atoms with E-state index in [-0.39, 0.29) is 6.61 Å². The molecule has 4 nitrogen and oxygen atoms in total. The van der Waals surface area contributed by atoms with Gasteiger partial charge in [0.2, 0.25) is 0 Å². The van der Waals surface area contributed by atoms with Crippen molar-refractivity contribution in [2.24, 2.45) is 0 Å². The molecule has 0 saturated heterocycles. The third kappa shape index (κ3) is 7.96. The molecule has 0 aliphatic heterocycles. The Bertz CT molecular complexity index is 922. The lowest BCUT2D eigenvalue weighted by Gasteiger charge is -2.30. The van der Waals surface area contributed by atoms with E-state index in [1.54, 1.807) is 0 Å². The highest BCUT2D eigenvalue weighted by Crippen LogP contribution is 2.18. The van der Waals surface area contributed by atoms with Crippen LogP contribution < -0.4 is 0 Å². The maximum absolute atomic E-state index is 11.0. The van der Waals surface area contributed by atoms with E-state index < -0.39 is 18.3 Å². The first-order valence-electron chi connectivity index (χ1n) is 10.8. The number of hydrogen-bond acceptors (Lipinski definition) is 4. The molecular weight excluding hydrogens is 400 g/mol. The largest absolute Gasteiger partial charge is 0.388 e. The van der Waals surface area contributed by atoms with E-state index >= 15 is 0 Å². The number of terminal acetylenes is 1. The van der Waals surface area contributed by atoms with Crippen molar-refractivity contribution < 1.29 is 19.3 Å². The van der Waals surface area contributed by atoms with Crippen molar-refractivity contribution >= 4 is 0 Å². The molecule has 3 aromatic rings. The van der Waals surface area contributed by atoms with Crippen LogP contribution in [0.25, 0.3) is 0 Å². The minimum atomic E-state index is -0.892. The average Bonchev–Trinajstić information content (AvgIpc) is 2.84. The normalized spacial score (nSPS) is 13.8. The fraction of sp³-hybridized carbons (Fsp3) is 0.286. The van der Waals surface area contributed by atoms with Crippen molar-refractivity contribution in [3.8, 4) is 12.3 Å². The van der Waals surface area contributed by atoms with Gasteiger partial charge in [0.1, 0.15) is 12.2 Å². The van der Waals surface area contributed by atoms with E-state index in [4.69, 9.17) is 20.6 Å². The Morgan fingerprint density at radius 2 is 1.16 bits per heavy atom. The number of rotatable bonds is 13. The molecule has 0 fully saturated rings. The molecule has 0 aliphatic rings. The summed E-state index contributed by atoms with van der Waals surface area (Å²) >= 11 is 0. The van der Waals surface area contributed by atoms with Crippen LogP contribution in [-0.2, 0) is 34.0 Å². The topological polar surface area (TPSA) is 47.9 Å². The number of hydrogen-bond donors (Lipinski definition) is 1. The zero-order chi connectivity index (χ0) is 22.4. The molecule has 3 aromatic carbocycles. The lowest BCUT2D eigenvalue weighted by Crippen LogP contribution is -2.43. The summed E-state index contributed by atoms with van der Waals surface area (Å²) in [5.41, 5.74) is 3.09. The monoisotopic (exact) mass is 430 g/mol. The lowest BCUT2D eigenvalue weighted by atomic mass is 10.0. The van der Waals surface area contributed by atoms with Gasteiger partial charge in [0.15, 0.2) is 0 Å². The molecule has 1 N–H and O–H groups in total. The standard InChI is InChI=1S/C28H30O4/c1-2-12-27(31-20-24-15-8-4-9-16-24)28(32-21-25-17-10-5-11-18-25)26(29)22-30-19-23-13-6-3-7-14-23/h1,3-11,13-18,26-29H,12,19-22H2/t26-,27+,28+/m0/s1. The van der Waals surface area contributed by atoms with E-state index in [2.05, 4.69) is 5.92 Å². The fourth-order valence-electron chi connectivity index (χ4n) is 3.36. The number of aliphatic hydroxyl groups excluding tert-OH is 1. The summed E-state index contributed by atoms with van der Waals surface area (Å²) in [6.07, 6.45) is 3.94. The Morgan fingerprint density at radius 3 is 1.66 bits per heavy atom. The lowest BCUT2D eigenvalue weighted by molar-refractivity contribution is -0.145. The van der Waals surface area contributed by atoms with Gasteiger partial charge in [0.05, 0.1) is 32.5 Å². The van der Waals surface area contributed by atoms with Crippen LogP contribution in [0, 0.1) is 12.3 Å². The Balaban J connectivity index is 1.65. The van der Waals surface area contributed by atoms with Crippen LogP contribution in [0.4, 0.5) is 0 Å². The highest BCUT2D eigenvalue weighted by molar-refractivity contribution is 5.15. The third-order valence-corrected chi connectivity index (χ3v) is 5.06. The molecule has 0 bridgehead atoms.